The average molecular weight is 432 g/mol. The maximum atomic E-state index is 5.73. The van der Waals surface area contributed by atoms with Crippen LogP contribution in [0.25, 0.3) is 11.1 Å². The monoisotopic (exact) mass is 431 g/mol. The molecule has 0 spiro atoms. The Kier molecular flexibility index (Phi) is 6.40. The van der Waals surface area contributed by atoms with Crippen LogP contribution >= 0.6 is 0 Å². The molecule has 168 valence electrons. The quantitative estimate of drug-likeness (QED) is 0.500. The van der Waals surface area contributed by atoms with E-state index in [-0.39, 0.29) is 17.3 Å². The molecule has 2 unspecified atom stereocenters. The van der Waals surface area contributed by atoms with Gasteiger partial charge in [-0.1, -0.05) is 61.8 Å². The van der Waals surface area contributed by atoms with E-state index in [1.54, 1.807) is 12.4 Å². The summed E-state index contributed by atoms with van der Waals surface area (Å²) in [4.78, 5) is 13.0. The molecule has 6 heteroatoms. The van der Waals surface area contributed by atoms with Gasteiger partial charge in [0.25, 0.3) is 0 Å². The van der Waals surface area contributed by atoms with Gasteiger partial charge < -0.3 is 10.3 Å². The second-order valence-corrected chi connectivity index (χ2v) is 9.54. The summed E-state index contributed by atoms with van der Waals surface area (Å²) in [6, 6.07) is 8.45. The third-order valence-corrected chi connectivity index (χ3v) is 7.01. The first-order valence-corrected chi connectivity index (χ1v) is 11.6. The van der Waals surface area contributed by atoms with E-state index in [0.29, 0.717) is 5.89 Å². The van der Waals surface area contributed by atoms with Crippen LogP contribution in [-0.2, 0) is 11.8 Å². The number of nitrogens with zero attached hydrogens (tertiary/aromatic N) is 4. The van der Waals surface area contributed by atoms with E-state index in [1.165, 1.54) is 18.4 Å². The lowest BCUT2D eigenvalue weighted by molar-refractivity contribution is 0.338. The minimum absolute atomic E-state index is 0.278. The number of hydrogen-bond acceptors (Lipinski definition) is 6. The molecule has 0 radical (unpaired) electrons. The van der Waals surface area contributed by atoms with Crippen LogP contribution < -0.4 is 5.73 Å². The van der Waals surface area contributed by atoms with Crippen molar-refractivity contribution in [2.75, 3.05) is 5.73 Å². The number of allylic oxidation sites excluding steroid dienone is 2. The number of hydrogen-bond donors (Lipinski definition) is 1. The number of anilines is 1. The van der Waals surface area contributed by atoms with Crippen molar-refractivity contribution in [2.45, 2.75) is 65.2 Å². The third kappa shape index (κ3) is 4.59. The first kappa shape index (κ1) is 22.2. The van der Waals surface area contributed by atoms with E-state index in [4.69, 9.17) is 15.2 Å². The Labute approximate surface area is 190 Å². The van der Waals surface area contributed by atoms with Crippen LogP contribution in [0, 0.1) is 11.8 Å². The van der Waals surface area contributed by atoms with Gasteiger partial charge in [0.1, 0.15) is 0 Å². The summed E-state index contributed by atoms with van der Waals surface area (Å²) in [6.45, 7) is 8.93. The lowest BCUT2D eigenvalue weighted by Crippen LogP contribution is -2.31. The summed E-state index contributed by atoms with van der Waals surface area (Å²) in [6.07, 6.45) is 11.4. The van der Waals surface area contributed by atoms with Crippen molar-refractivity contribution >= 4 is 5.95 Å². The van der Waals surface area contributed by atoms with Crippen LogP contribution in [0.4, 0.5) is 5.95 Å². The minimum atomic E-state index is -0.357. The number of aromatic nitrogens is 4. The highest BCUT2D eigenvalue weighted by Crippen LogP contribution is 2.38. The molecule has 2 N–H and O–H groups in total. The van der Waals surface area contributed by atoms with Crippen LogP contribution in [0.2, 0.25) is 0 Å². The number of benzene rings is 1. The second-order valence-electron chi connectivity index (χ2n) is 9.54. The third-order valence-electron chi connectivity index (χ3n) is 7.01. The van der Waals surface area contributed by atoms with Crippen molar-refractivity contribution in [3.05, 3.63) is 65.6 Å². The Hall–Kier alpha value is -3.02. The molecule has 1 aliphatic carbocycles. The Morgan fingerprint density at radius 3 is 2.50 bits per heavy atom. The summed E-state index contributed by atoms with van der Waals surface area (Å²) in [7, 11) is 0. The lowest BCUT2D eigenvalue weighted by Gasteiger charge is -2.31. The summed E-state index contributed by atoms with van der Waals surface area (Å²) in [5, 5.41) is 4.43. The minimum Gasteiger partial charge on any atom is -0.368 e. The van der Waals surface area contributed by atoms with Crippen LogP contribution in [-0.4, -0.2) is 20.1 Å². The molecule has 3 aromatic rings. The normalized spacial score (nSPS) is 18.8. The van der Waals surface area contributed by atoms with Crippen LogP contribution in [0.15, 0.2) is 52.8 Å². The van der Waals surface area contributed by atoms with E-state index in [1.807, 2.05) is 0 Å². The molecule has 1 aromatic carbocycles. The van der Waals surface area contributed by atoms with E-state index < -0.39 is 0 Å². The molecule has 2 heterocycles. The van der Waals surface area contributed by atoms with Crippen LogP contribution in [0.3, 0.4) is 0 Å². The van der Waals surface area contributed by atoms with Gasteiger partial charge in [0, 0.05) is 24.4 Å². The molecule has 0 saturated heterocycles. The Bertz CT molecular complexity index is 1070. The molecule has 4 rings (SSSR count). The van der Waals surface area contributed by atoms with Gasteiger partial charge in [-0.25, -0.2) is 9.97 Å². The summed E-state index contributed by atoms with van der Waals surface area (Å²) in [5.41, 5.74) is 9.81. The van der Waals surface area contributed by atoms with Gasteiger partial charge in [-0.2, -0.15) is 4.98 Å². The fourth-order valence-electron chi connectivity index (χ4n) is 4.36. The fraction of sp³-hybridized carbons (Fsp3) is 0.462. The molecule has 0 amide bonds. The zero-order valence-corrected chi connectivity index (χ0v) is 19.5. The van der Waals surface area contributed by atoms with E-state index in [0.717, 1.165) is 47.7 Å². The summed E-state index contributed by atoms with van der Waals surface area (Å²) >= 11 is 0. The predicted octanol–water partition coefficient (Wildman–Crippen LogP) is 5.75. The predicted molar refractivity (Wildman–Crippen MR) is 127 cm³/mol. The van der Waals surface area contributed by atoms with Gasteiger partial charge in [0.05, 0.1) is 5.41 Å². The largest absolute Gasteiger partial charge is 0.368 e. The van der Waals surface area contributed by atoms with E-state index in [2.05, 4.69) is 73.2 Å². The first-order valence-electron chi connectivity index (χ1n) is 11.6. The van der Waals surface area contributed by atoms with Crippen molar-refractivity contribution in [1.82, 2.24) is 20.1 Å². The average Bonchev–Trinajstić information content (AvgIpc) is 3.16. The highest BCUT2D eigenvalue weighted by molar-refractivity contribution is 5.62. The molecule has 32 heavy (non-hydrogen) atoms. The zero-order valence-electron chi connectivity index (χ0n) is 19.5. The SMILES string of the molecule is CC1CCC=C(Cc2nc(C(C)(c3ccc(-c4cnc(N)nc4)cc3)C(C)C)no2)CC1. The van der Waals surface area contributed by atoms with Crippen molar-refractivity contribution in [2.24, 2.45) is 11.8 Å². The molecular formula is C26H33N5O. The van der Waals surface area contributed by atoms with E-state index >= 15 is 0 Å². The van der Waals surface area contributed by atoms with Crippen molar-refractivity contribution < 1.29 is 4.52 Å². The number of nitrogens with two attached hydrogens (primary N) is 1. The van der Waals surface area contributed by atoms with Gasteiger partial charge >= 0.3 is 0 Å². The Balaban J connectivity index is 1.57. The topological polar surface area (TPSA) is 90.7 Å². The molecule has 0 bridgehead atoms. The van der Waals surface area contributed by atoms with Gasteiger partial charge in [-0.3, -0.25) is 0 Å². The standard InChI is InChI=1S/C26H33N5O/c1-17(2)26(4,22-12-10-20(11-13-22)21-15-28-25(27)29-16-21)24-30-23(32-31-24)14-19-7-5-6-18(3)8-9-19/h7,10-13,15-18H,5-6,8-9,14H2,1-4H3,(H2,27,28,29). The maximum absolute atomic E-state index is 5.73. The molecule has 0 saturated carbocycles. The molecule has 1 aliphatic rings. The molecular weight excluding hydrogens is 398 g/mol. The number of rotatable bonds is 6. The van der Waals surface area contributed by atoms with Crippen molar-refractivity contribution in [3.63, 3.8) is 0 Å². The van der Waals surface area contributed by atoms with Gasteiger partial charge in [-0.15, -0.1) is 0 Å². The van der Waals surface area contributed by atoms with Crippen molar-refractivity contribution in [3.8, 4) is 11.1 Å². The summed E-state index contributed by atoms with van der Waals surface area (Å²) in [5.74, 6) is 2.81. The van der Waals surface area contributed by atoms with Gasteiger partial charge in [0.2, 0.25) is 11.8 Å². The zero-order chi connectivity index (χ0) is 22.7. The summed E-state index contributed by atoms with van der Waals surface area (Å²) < 4.78 is 5.73. The number of nitrogen functional groups attached to an aromatic ring is 1. The van der Waals surface area contributed by atoms with Gasteiger partial charge in [0.15, 0.2) is 5.82 Å². The van der Waals surface area contributed by atoms with Crippen molar-refractivity contribution in [1.29, 1.82) is 0 Å². The second kappa shape index (κ2) is 9.23. The Morgan fingerprint density at radius 2 is 1.81 bits per heavy atom. The Morgan fingerprint density at radius 1 is 1.09 bits per heavy atom. The highest BCUT2D eigenvalue weighted by Gasteiger charge is 2.37. The van der Waals surface area contributed by atoms with Gasteiger partial charge in [-0.05, 0) is 55.6 Å². The smallest absolute Gasteiger partial charge is 0.230 e. The molecule has 0 aliphatic heterocycles. The molecule has 2 atom stereocenters. The molecule has 0 fully saturated rings. The highest BCUT2D eigenvalue weighted by atomic mass is 16.5. The van der Waals surface area contributed by atoms with Crippen LogP contribution in [0.5, 0.6) is 0 Å². The lowest BCUT2D eigenvalue weighted by atomic mass is 9.72. The maximum Gasteiger partial charge on any atom is 0.230 e. The van der Waals surface area contributed by atoms with E-state index in [9.17, 15) is 0 Å². The first-order chi connectivity index (χ1) is 15.4. The fourth-order valence-corrected chi connectivity index (χ4v) is 4.36. The van der Waals surface area contributed by atoms with Crippen LogP contribution in [0.1, 0.15) is 70.7 Å². The molecule has 6 nitrogen and oxygen atoms in total. The molecule has 2 aromatic heterocycles.